The normalized spacial score (nSPS) is 17.0. The summed E-state index contributed by atoms with van der Waals surface area (Å²) < 4.78 is 0. The maximum Gasteiger partial charge on any atom is 0.223 e. The predicted molar refractivity (Wildman–Crippen MR) is 64.5 cm³/mol. The molecule has 0 atom stereocenters. The van der Waals surface area contributed by atoms with Crippen LogP contribution in [0.5, 0.6) is 0 Å². The van der Waals surface area contributed by atoms with Crippen molar-refractivity contribution in [3.05, 3.63) is 42.3 Å². The van der Waals surface area contributed by atoms with Gasteiger partial charge in [-0.05, 0) is 37.7 Å². The third-order valence-electron chi connectivity index (χ3n) is 3.12. The highest BCUT2D eigenvalue weighted by atomic mass is 16.1. The summed E-state index contributed by atoms with van der Waals surface area (Å²) in [4.78, 5) is 11.8. The summed E-state index contributed by atoms with van der Waals surface area (Å²) in [5.41, 5.74) is 1.17. The second kappa shape index (κ2) is 5.69. The Morgan fingerprint density at radius 2 is 1.88 bits per heavy atom. The lowest BCUT2D eigenvalue weighted by atomic mass is 9.88. The third-order valence-corrected chi connectivity index (χ3v) is 3.12. The van der Waals surface area contributed by atoms with Gasteiger partial charge in [-0.15, -0.1) is 0 Å². The average molecular weight is 216 g/mol. The summed E-state index contributed by atoms with van der Waals surface area (Å²) in [6.07, 6.45) is 6.48. The Balaban J connectivity index is 1.79. The number of carbonyl (C=O) groups excluding carboxylic acids is 1. The molecule has 1 N–H and O–H groups in total. The van der Waals surface area contributed by atoms with Crippen molar-refractivity contribution in [3.8, 4) is 0 Å². The first-order valence-corrected chi connectivity index (χ1v) is 5.99. The smallest absolute Gasteiger partial charge is 0.223 e. The van der Waals surface area contributed by atoms with Crippen LogP contribution in [0.4, 0.5) is 0 Å². The molecule has 2 heteroatoms. The quantitative estimate of drug-likeness (QED) is 0.827. The van der Waals surface area contributed by atoms with E-state index in [1.54, 1.807) is 0 Å². The van der Waals surface area contributed by atoms with Crippen LogP contribution in [0.2, 0.25) is 0 Å². The molecule has 0 bridgehead atoms. The van der Waals surface area contributed by atoms with Gasteiger partial charge in [0.2, 0.25) is 5.91 Å². The van der Waals surface area contributed by atoms with Gasteiger partial charge in [0.05, 0.1) is 0 Å². The van der Waals surface area contributed by atoms with Gasteiger partial charge in [-0.25, -0.2) is 0 Å². The zero-order chi connectivity index (χ0) is 11.2. The Morgan fingerprint density at radius 3 is 2.56 bits per heavy atom. The van der Waals surface area contributed by atoms with Crippen LogP contribution in [0, 0.1) is 12.3 Å². The van der Waals surface area contributed by atoms with Crippen LogP contribution in [-0.2, 0) is 11.3 Å². The van der Waals surface area contributed by atoms with Gasteiger partial charge < -0.3 is 5.32 Å². The summed E-state index contributed by atoms with van der Waals surface area (Å²) >= 11 is 0. The second-order valence-corrected chi connectivity index (χ2v) is 4.34. The molecule has 2 rings (SSSR count). The van der Waals surface area contributed by atoms with E-state index in [1.807, 2.05) is 30.3 Å². The molecule has 1 radical (unpaired) electrons. The third kappa shape index (κ3) is 3.09. The molecule has 2 nitrogen and oxygen atoms in total. The molecule has 1 aliphatic carbocycles. The van der Waals surface area contributed by atoms with E-state index in [2.05, 4.69) is 11.7 Å². The summed E-state index contributed by atoms with van der Waals surface area (Å²) in [5, 5.41) is 3.02. The van der Waals surface area contributed by atoms with Crippen LogP contribution in [0.15, 0.2) is 30.3 Å². The fourth-order valence-corrected chi connectivity index (χ4v) is 2.12. The number of carbonyl (C=O) groups is 1. The Labute approximate surface area is 97.1 Å². The van der Waals surface area contributed by atoms with E-state index in [0.29, 0.717) is 6.54 Å². The highest BCUT2D eigenvalue weighted by molar-refractivity contribution is 5.78. The molecule has 0 heterocycles. The van der Waals surface area contributed by atoms with Crippen LogP contribution < -0.4 is 5.32 Å². The van der Waals surface area contributed by atoms with Crippen LogP contribution in [0.25, 0.3) is 0 Å². The molecule has 1 aromatic rings. The average Bonchev–Trinajstić information content (AvgIpc) is 2.38. The largest absolute Gasteiger partial charge is 0.352 e. The number of hydrogen-bond donors (Lipinski definition) is 1. The second-order valence-electron chi connectivity index (χ2n) is 4.34. The monoisotopic (exact) mass is 216 g/mol. The number of amides is 1. The first-order valence-electron chi connectivity index (χ1n) is 5.99. The molecule has 1 fully saturated rings. The molecule has 85 valence electrons. The maximum atomic E-state index is 11.8. The SMILES string of the molecule is O=C(NCc1ccccc1)C1CC[CH]CC1. The van der Waals surface area contributed by atoms with Crippen molar-refractivity contribution in [2.75, 3.05) is 0 Å². The molecule has 0 aliphatic heterocycles. The van der Waals surface area contributed by atoms with E-state index >= 15 is 0 Å². The highest BCUT2D eigenvalue weighted by Crippen LogP contribution is 2.22. The topological polar surface area (TPSA) is 29.1 Å². The van der Waals surface area contributed by atoms with E-state index in [4.69, 9.17) is 0 Å². The minimum absolute atomic E-state index is 0.219. The van der Waals surface area contributed by atoms with Crippen molar-refractivity contribution in [3.63, 3.8) is 0 Å². The molecule has 1 saturated carbocycles. The number of nitrogens with one attached hydrogen (secondary N) is 1. The molecule has 1 aromatic carbocycles. The van der Waals surface area contributed by atoms with Crippen molar-refractivity contribution in [2.45, 2.75) is 32.2 Å². The molecule has 1 amide bonds. The Bertz CT molecular complexity index is 328. The van der Waals surface area contributed by atoms with E-state index < -0.39 is 0 Å². The summed E-state index contributed by atoms with van der Waals surface area (Å²) in [6.45, 7) is 0.653. The van der Waals surface area contributed by atoms with Crippen LogP contribution in [-0.4, -0.2) is 5.91 Å². The van der Waals surface area contributed by atoms with Crippen molar-refractivity contribution >= 4 is 5.91 Å². The van der Waals surface area contributed by atoms with E-state index in [-0.39, 0.29) is 11.8 Å². The lowest BCUT2D eigenvalue weighted by Gasteiger charge is -2.20. The lowest BCUT2D eigenvalue weighted by Crippen LogP contribution is -2.31. The lowest BCUT2D eigenvalue weighted by molar-refractivity contribution is -0.125. The predicted octanol–water partition coefficient (Wildman–Crippen LogP) is 2.70. The minimum Gasteiger partial charge on any atom is -0.352 e. The van der Waals surface area contributed by atoms with Crippen molar-refractivity contribution in [1.29, 1.82) is 0 Å². The zero-order valence-electron chi connectivity index (χ0n) is 9.49. The van der Waals surface area contributed by atoms with Crippen molar-refractivity contribution < 1.29 is 4.79 Å². The zero-order valence-corrected chi connectivity index (χ0v) is 9.49. The molecule has 16 heavy (non-hydrogen) atoms. The summed E-state index contributed by atoms with van der Waals surface area (Å²) in [5.74, 6) is 0.450. The van der Waals surface area contributed by atoms with Crippen LogP contribution in [0.3, 0.4) is 0 Å². The number of rotatable bonds is 3. The van der Waals surface area contributed by atoms with Crippen LogP contribution in [0.1, 0.15) is 31.2 Å². The van der Waals surface area contributed by atoms with Gasteiger partial charge in [0, 0.05) is 12.5 Å². The fourth-order valence-electron chi connectivity index (χ4n) is 2.12. The van der Waals surface area contributed by atoms with Gasteiger partial charge >= 0.3 is 0 Å². The molecule has 0 unspecified atom stereocenters. The van der Waals surface area contributed by atoms with Gasteiger partial charge in [-0.1, -0.05) is 30.3 Å². The summed E-state index contributed by atoms with van der Waals surface area (Å²) in [6, 6.07) is 10.1. The van der Waals surface area contributed by atoms with Gasteiger partial charge in [-0.3, -0.25) is 4.79 Å². The van der Waals surface area contributed by atoms with Gasteiger partial charge in [0.25, 0.3) is 0 Å². The molecular formula is C14H18NO. The van der Waals surface area contributed by atoms with Gasteiger partial charge in [-0.2, -0.15) is 0 Å². The van der Waals surface area contributed by atoms with Crippen LogP contribution >= 0.6 is 0 Å². The highest BCUT2D eigenvalue weighted by Gasteiger charge is 2.20. The van der Waals surface area contributed by atoms with E-state index in [1.165, 1.54) is 5.56 Å². The van der Waals surface area contributed by atoms with Gasteiger partial charge in [0.1, 0.15) is 0 Å². The van der Waals surface area contributed by atoms with E-state index in [0.717, 1.165) is 25.7 Å². The first kappa shape index (κ1) is 11.2. The molecule has 0 saturated heterocycles. The fraction of sp³-hybridized carbons (Fsp3) is 0.429. The Kier molecular flexibility index (Phi) is 3.97. The first-order chi connectivity index (χ1) is 7.86. The Morgan fingerprint density at radius 1 is 1.19 bits per heavy atom. The molecule has 0 aromatic heterocycles. The molecule has 1 aliphatic rings. The van der Waals surface area contributed by atoms with Gasteiger partial charge in [0.15, 0.2) is 0 Å². The van der Waals surface area contributed by atoms with E-state index in [9.17, 15) is 4.79 Å². The van der Waals surface area contributed by atoms with Crippen molar-refractivity contribution in [2.24, 2.45) is 5.92 Å². The standard InChI is InChI=1S/C14H18NO/c16-14(13-9-5-2-6-10-13)15-11-12-7-3-1-4-8-12/h1-4,7-8,13H,5-6,9-11H2,(H,15,16). The molecular weight excluding hydrogens is 198 g/mol. The number of benzene rings is 1. The Hall–Kier alpha value is -1.31. The summed E-state index contributed by atoms with van der Waals surface area (Å²) in [7, 11) is 0. The maximum absolute atomic E-state index is 11.8. The van der Waals surface area contributed by atoms with Crippen molar-refractivity contribution in [1.82, 2.24) is 5.32 Å². The minimum atomic E-state index is 0.219. The molecule has 0 spiro atoms. The number of hydrogen-bond acceptors (Lipinski definition) is 1.